The van der Waals surface area contributed by atoms with Gasteiger partial charge in [-0.1, -0.05) is 6.42 Å². The Morgan fingerprint density at radius 3 is 2.30 bits per heavy atom. The van der Waals surface area contributed by atoms with E-state index in [2.05, 4.69) is 4.90 Å². The molecule has 0 bridgehead atoms. The molecule has 2 N–H and O–H groups in total. The lowest BCUT2D eigenvalue weighted by molar-refractivity contribution is -0.149. The van der Waals surface area contributed by atoms with Crippen molar-refractivity contribution in [2.75, 3.05) is 45.9 Å². The van der Waals surface area contributed by atoms with Crippen LogP contribution in [0.5, 0.6) is 0 Å². The van der Waals surface area contributed by atoms with Crippen molar-refractivity contribution in [2.24, 2.45) is 11.1 Å². The maximum atomic E-state index is 12.8. The Labute approximate surface area is 121 Å². The van der Waals surface area contributed by atoms with Gasteiger partial charge in [-0.15, -0.1) is 0 Å². The zero-order chi connectivity index (χ0) is 14.0. The number of nitrogens with zero attached hydrogens (tertiary/aromatic N) is 2. The van der Waals surface area contributed by atoms with E-state index in [1.54, 1.807) is 0 Å². The van der Waals surface area contributed by atoms with Crippen molar-refractivity contribution in [3.8, 4) is 0 Å². The summed E-state index contributed by atoms with van der Waals surface area (Å²) in [5.74, 6) is 0.275. The summed E-state index contributed by atoms with van der Waals surface area (Å²) in [5, 5.41) is 0. The summed E-state index contributed by atoms with van der Waals surface area (Å²) in [4.78, 5) is 17.4. The van der Waals surface area contributed by atoms with Crippen molar-refractivity contribution in [2.45, 2.75) is 38.1 Å². The lowest BCUT2D eigenvalue weighted by Gasteiger charge is -2.45. The second kappa shape index (κ2) is 6.00. The van der Waals surface area contributed by atoms with Crippen LogP contribution in [0.15, 0.2) is 0 Å². The van der Waals surface area contributed by atoms with Gasteiger partial charge in [0.25, 0.3) is 0 Å². The van der Waals surface area contributed by atoms with Crippen LogP contribution in [0.4, 0.5) is 0 Å². The Balaban J connectivity index is 1.57. The molecule has 1 aliphatic carbocycles. The molecular formula is C15H27N3O2. The minimum absolute atomic E-state index is 0.275. The lowest BCUT2D eigenvalue weighted by Crippen LogP contribution is -2.58. The zero-order valence-corrected chi connectivity index (χ0v) is 12.4. The van der Waals surface area contributed by atoms with Crippen LogP contribution in [-0.4, -0.2) is 67.7 Å². The number of piperazine rings is 1. The van der Waals surface area contributed by atoms with Crippen molar-refractivity contribution in [3.05, 3.63) is 0 Å². The van der Waals surface area contributed by atoms with Gasteiger partial charge in [-0.25, -0.2) is 0 Å². The highest BCUT2D eigenvalue weighted by Crippen LogP contribution is 2.32. The van der Waals surface area contributed by atoms with Gasteiger partial charge in [0.2, 0.25) is 5.91 Å². The molecule has 114 valence electrons. The van der Waals surface area contributed by atoms with Crippen LogP contribution in [0.1, 0.15) is 32.1 Å². The SMILES string of the molecule is NCC1(C(=O)N2CCN(C3CCC3)CC2)CCOCC1. The number of ether oxygens (including phenoxy) is 1. The molecule has 2 heterocycles. The molecule has 0 aromatic carbocycles. The minimum atomic E-state index is -0.350. The highest BCUT2D eigenvalue weighted by molar-refractivity contribution is 5.83. The maximum Gasteiger partial charge on any atom is 0.230 e. The molecule has 2 aliphatic heterocycles. The zero-order valence-electron chi connectivity index (χ0n) is 12.4. The Morgan fingerprint density at radius 1 is 1.15 bits per heavy atom. The van der Waals surface area contributed by atoms with Gasteiger partial charge >= 0.3 is 0 Å². The van der Waals surface area contributed by atoms with Gasteiger partial charge in [-0.05, 0) is 25.7 Å². The predicted octanol–water partition coefficient (Wildman–Crippen LogP) is 0.439. The number of nitrogens with two attached hydrogens (primary N) is 1. The van der Waals surface area contributed by atoms with Crippen molar-refractivity contribution in [3.63, 3.8) is 0 Å². The number of carbonyl (C=O) groups is 1. The predicted molar refractivity (Wildman–Crippen MR) is 77.3 cm³/mol. The molecule has 20 heavy (non-hydrogen) atoms. The first-order valence-corrected chi connectivity index (χ1v) is 8.06. The smallest absolute Gasteiger partial charge is 0.230 e. The molecule has 0 aromatic heterocycles. The molecule has 0 unspecified atom stereocenters. The highest BCUT2D eigenvalue weighted by Gasteiger charge is 2.42. The number of rotatable bonds is 3. The largest absolute Gasteiger partial charge is 0.381 e. The van der Waals surface area contributed by atoms with Crippen LogP contribution in [-0.2, 0) is 9.53 Å². The molecule has 1 amide bonds. The molecule has 5 nitrogen and oxygen atoms in total. The van der Waals surface area contributed by atoms with E-state index in [1.165, 1.54) is 19.3 Å². The van der Waals surface area contributed by atoms with Crippen LogP contribution < -0.4 is 5.73 Å². The Kier molecular flexibility index (Phi) is 4.29. The Hall–Kier alpha value is -0.650. The average molecular weight is 281 g/mol. The molecule has 0 radical (unpaired) electrons. The maximum absolute atomic E-state index is 12.8. The molecule has 0 spiro atoms. The van der Waals surface area contributed by atoms with Crippen LogP contribution >= 0.6 is 0 Å². The second-order valence-corrected chi connectivity index (χ2v) is 6.51. The second-order valence-electron chi connectivity index (χ2n) is 6.51. The summed E-state index contributed by atoms with van der Waals surface area (Å²) in [6, 6.07) is 0.791. The van der Waals surface area contributed by atoms with Gasteiger partial charge in [0, 0.05) is 52.0 Å². The van der Waals surface area contributed by atoms with E-state index >= 15 is 0 Å². The van der Waals surface area contributed by atoms with Gasteiger partial charge in [0.15, 0.2) is 0 Å². The van der Waals surface area contributed by atoms with Crippen LogP contribution in [0.3, 0.4) is 0 Å². The molecule has 2 saturated heterocycles. The normalized spacial score (nSPS) is 28.1. The Bertz CT molecular complexity index is 343. The number of hydrogen-bond donors (Lipinski definition) is 1. The molecule has 5 heteroatoms. The first-order chi connectivity index (χ1) is 9.75. The Morgan fingerprint density at radius 2 is 1.80 bits per heavy atom. The fourth-order valence-corrected chi connectivity index (χ4v) is 3.64. The molecular weight excluding hydrogens is 254 g/mol. The summed E-state index contributed by atoms with van der Waals surface area (Å²) in [6.45, 7) is 5.62. The third kappa shape index (κ3) is 2.59. The summed E-state index contributed by atoms with van der Waals surface area (Å²) in [5.41, 5.74) is 5.59. The van der Waals surface area contributed by atoms with E-state index in [9.17, 15) is 4.79 Å². The number of amides is 1. The third-order valence-corrected chi connectivity index (χ3v) is 5.49. The van der Waals surface area contributed by atoms with Crippen LogP contribution in [0.25, 0.3) is 0 Å². The molecule has 3 fully saturated rings. The topological polar surface area (TPSA) is 58.8 Å². The molecule has 1 saturated carbocycles. The van der Waals surface area contributed by atoms with E-state index in [4.69, 9.17) is 10.5 Å². The van der Waals surface area contributed by atoms with E-state index in [0.29, 0.717) is 19.8 Å². The highest BCUT2D eigenvalue weighted by atomic mass is 16.5. The van der Waals surface area contributed by atoms with Gasteiger partial charge in [-0.2, -0.15) is 0 Å². The minimum Gasteiger partial charge on any atom is -0.381 e. The summed E-state index contributed by atoms with van der Waals surface area (Å²) < 4.78 is 5.40. The van der Waals surface area contributed by atoms with Crippen molar-refractivity contribution < 1.29 is 9.53 Å². The van der Waals surface area contributed by atoms with E-state index in [1.807, 2.05) is 4.90 Å². The fourth-order valence-electron chi connectivity index (χ4n) is 3.64. The first kappa shape index (κ1) is 14.3. The lowest BCUT2D eigenvalue weighted by atomic mass is 9.78. The third-order valence-electron chi connectivity index (χ3n) is 5.49. The first-order valence-electron chi connectivity index (χ1n) is 8.06. The molecule has 3 aliphatic rings. The molecule has 3 rings (SSSR count). The van der Waals surface area contributed by atoms with Gasteiger partial charge < -0.3 is 15.4 Å². The number of hydrogen-bond acceptors (Lipinski definition) is 4. The van der Waals surface area contributed by atoms with Crippen molar-refractivity contribution in [1.82, 2.24) is 9.80 Å². The molecule has 0 aromatic rings. The average Bonchev–Trinajstić information content (AvgIpc) is 2.46. The quantitative estimate of drug-likeness (QED) is 0.815. The van der Waals surface area contributed by atoms with Crippen LogP contribution in [0.2, 0.25) is 0 Å². The van der Waals surface area contributed by atoms with E-state index in [0.717, 1.165) is 45.1 Å². The van der Waals surface area contributed by atoms with E-state index in [-0.39, 0.29) is 11.3 Å². The standard InChI is InChI=1S/C15H27N3O2/c16-12-15(4-10-20-11-5-15)14(19)18-8-6-17(7-9-18)13-2-1-3-13/h13H,1-12,16H2. The van der Waals surface area contributed by atoms with Crippen molar-refractivity contribution >= 4 is 5.91 Å². The van der Waals surface area contributed by atoms with Crippen molar-refractivity contribution in [1.29, 1.82) is 0 Å². The van der Waals surface area contributed by atoms with Gasteiger partial charge in [0.1, 0.15) is 0 Å². The van der Waals surface area contributed by atoms with E-state index < -0.39 is 0 Å². The summed E-state index contributed by atoms with van der Waals surface area (Å²) >= 11 is 0. The fraction of sp³-hybridized carbons (Fsp3) is 0.933. The van der Waals surface area contributed by atoms with Gasteiger partial charge in [0.05, 0.1) is 5.41 Å². The van der Waals surface area contributed by atoms with Crippen LogP contribution in [0, 0.1) is 5.41 Å². The number of carbonyl (C=O) groups excluding carboxylic acids is 1. The molecule has 0 atom stereocenters. The summed E-state index contributed by atoms with van der Waals surface area (Å²) in [6.07, 6.45) is 5.63. The monoisotopic (exact) mass is 281 g/mol. The van der Waals surface area contributed by atoms with Gasteiger partial charge in [-0.3, -0.25) is 9.69 Å². The summed E-state index contributed by atoms with van der Waals surface area (Å²) in [7, 11) is 0.